The van der Waals surface area contributed by atoms with E-state index in [4.69, 9.17) is 18.9 Å². The Morgan fingerprint density at radius 1 is 1.05 bits per heavy atom. The van der Waals surface area contributed by atoms with E-state index in [1.54, 1.807) is 19.2 Å². The Kier molecular flexibility index (Phi) is 6.11. The molecular weight excluding hydrogens is 262 g/mol. The molecule has 0 radical (unpaired) electrons. The lowest BCUT2D eigenvalue weighted by atomic mass is 10.1. The molecule has 0 fully saturated rings. The van der Waals surface area contributed by atoms with Crippen LogP contribution in [0.5, 0.6) is 17.2 Å². The van der Waals surface area contributed by atoms with Crippen LogP contribution in [-0.4, -0.2) is 47.0 Å². The normalized spacial score (nSPS) is 11.7. The summed E-state index contributed by atoms with van der Waals surface area (Å²) < 4.78 is 20.6. The quantitative estimate of drug-likeness (QED) is 0.821. The first-order chi connectivity index (χ1) is 9.57. The monoisotopic (exact) mass is 283 g/mol. The minimum absolute atomic E-state index is 0.106. The topological polar surface area (TPSA) is 66.0 Å². The molecule has 1 rings (SSSR count). The van der Waals surface area contributed by atoms with E-state index in [1.165, 1.54) is 21.3 Å². The van der Waals surface area contributed by atoms with Crippen molar-refractivity contribution in [2.24, 2.45) is 0 Å². The molecule has 0 heterocycles. The van der Waals surface area contributed by atoms with Gasteiger partial charge in [-0.05, 0) is 6.92 Å². The second-order valence-electron chi connectivity index (χ2n) is 4.24. The molecular formula is C14H21NO5. The van der Waals surface area contributed by atoms with Crippen LogP contribution in [-0.2, 0) is 4.74 Å². The van der Waals surface area contributed by atoms with Gasteiger partial charge in [0.2, 0.25) is 0 Å². The standard InChI is InChI=1S/C14H21NO5/c1-9(8-17-2)15-14(16)10-6-12(19-4)13(20-5)7-11(10)18-3/h6-7,9H,8H2,1-5H3,(H,15,16)/t9-/m0/s1. The number of amides is 1. The van der Waals surface area contributed by atoms with Gasteiger partial charge in [-0.25, -0.2) is 0 Å². The molecule has 0 aliphatic carbocycles. The van der Waals surface area contributed by atoms with Gasteiger partial charge in [0.15, 0.2) is 11.5 Å². The van der Waals surface area contributed by atoms with Crippen LogP contribution >= 0.6 is 0 Å². The highest BCUT2D eigenvalue weighted by Gasteiger charge is 2.18. The van der Waals surface area contributed by atoms with Crippen molar-refractivity contribution in [2.45, 2.75) is 13.0 Å². The molecule has 112 valence electrons. The molecule has 0 saturated heterocycles. The second-order valence-corrected chi connectivity index (χ2v) is 4.24. The van der Waals surface area contributed by atoms with E-state index in [2.05, 4.69) is 5.32 Å². The Balaban J connectivity index is 3.06. The van der Waals surface area contributed by atoms with Crippen LogP contribution in [0.4, 0.5) is 0 Å². The average molecular weight is 283 g/mol. The van der Waals surface area contributed by atoms with Gasteiger partial charge in [-0.1, -0.05) is 0 Å². The molecule has 0 aliphatic rings. The smallest absolute Gasteiger partial charge is 0.255 e. The lowest BCUT2D eigenvalue weighted by Gasteiger charge is -2.16. The molecule has 1 aromatic rings. The predicted octanol–water partition coefficient (Wildman–Crippen LogP) is 1.48. The lowest BCUT2D eigenvalue weighted by molar-refractivity contribution is 0.0902. The zero-order valence-corrected chi connectivity index (χ0v) is 12.5. The molecule has 0 unspecified atom stereocenters. The fourth-order valence-electron chi connectivity index (χ4n) is 1.80. The molecule has 0 bridgehead atoms. The van der Waals surface area contributed by atoms with Gasteiger partial charge in [-0.15, -0.1) is 0 Å². The van der Waals surface area contributed by atoms with Crippen LogP contribution in [0.25, 0.3) is 0 Å². The molecule has 0 saturated carbocycles. The van der Waals surface area contributed by atoms with Crippen LogP contribution < -0.4 is 19.5 Å². The Bertz CT molecular complexity index is 461. The van der Waals surface area contributed by atoms with Crippen LogP contribution in [0.15, 0.2) is 12.1 Å². The zero-order valence-electron chi connectivity index (χ0n) is 12.5. The Labute approximate surface area is 119 Å². The van der Waals surface area contributed by atoms with Gasteiger partial charge in [-0.2, -0.15) is 0 Å². The van der Waals surface area contributed by atoms with Gasteiger partial charge in [0.25, 0.3) is 5.91 Å². The summed E-state index contributed by atoms with van der Waals surface area (Å²) in [6.45, 7) is 2.29. The summed E-state index contributed by atoms with van der Waals surface area (Å²) in [5.74, 6) is 1.14. The molecule has 1 atom stereocenters. The van der Waals surface area contributed by atoms with Gasteiger partial charge in [0, 0.05) is 25.3 Å². The maximum absolute atomic E-state index is 12.2. The van der Waals surface area contributed by atoms with Crippen LogP contribution in [0.2, 0.25) is 0 Å². The maximum atomic E-state index is 12.2. The maximum Gasteiger partial charge on any atom is 0.255 e. The van der Waals surface area contributed by atoms with Crippen molar-refractivity contribution in [1.29, 1.82) is 0 Å². The molecule has 6 heteroatoms. The minimum atomic E-state index is -0.257. The van der Waals surface area contributed by atoms with E-state index in [0.29, 0.717) is 29.4 Å². The third kappa shape index (κ3) is 3.77. The number of ether oxygens (including phenoxy) is 4. The van der Waals surface area contributed by atoms with Crippen molar-refractivity contribution in [3.8, 4) is 17.2 Å². The molecule has 1 N–H and O–H groups in total. The van der Waals surface area contributed by atoms with Crippen molar-refractivity contribution >= 4 is 5.91 Å². The predicted molar refractivity (Wildman–Crippen MR) is 74.9 cm³/mol. The highest BCUT2D eigenvalue weighted by molar-refractivity contribution is 5.98. The third-order valence-electron chi connectivity index (χ3n) is 2.74. The fourth-order valence-corrected chi connectivity index (χ4v) is 1.80. The Morgan fingerprint density at radius 2 is 1.60 bits per heavy atom. The molecule has 0 aliphatic heterocycles. The molecule has 1 aromatic carbocycles. The van der Waals surface area contributed by atoms with Crippen LogP contribution in [0.1, 0.15) is 17.3 Å². The first-order valence-corrected chi connectivity index (χ1v) is 6.17. The summed E-state index contributed by atoms with van der Waals surface area (Å²) in [6.07, 6.45) is 0. The summed E-state index contributed by atoms with van der Waals surface area (Å²) in [7, 11) is 6.12. The van der Waals surface area contributed by atoms with Gasteiger partial charge in [-0.3, -0.25) is 4.79 Å². The second kappa shape index (κ2) is 7.59. The molecule has 1 amide bonds. The van der Waals surface area contributed by atoms with Crippen molar-refractivity contribution in [3.05, 3.63) is 17.7 Å². The van der Waals surface area contributed by atoms with Crippen molar-refractivity contribution in [1.82, 2.24) is 5.32 Å². The van der Waals surface area contributed by atoms with Crippen LogP contribution in [0, 0.1) is 0 Å². The fraction of sp³-hybridized carbons (Fsp3) is 0.500. The number of benzene rings is 1. The highest BCUT2D eigenvalue weighted by atomic mass is 16.5. The summed E-state index contributed by atoms with van der Waals surface area (Å²) in [5.41, 5.74) is 0.383. The van der Waals surface area contributed by atoms with Gasteiger partial charge in [0.05, 0.1) is 33.5 Å². The number of rotatable bonds is 7. The minimum Gasteiger partial charge on any atom is -0.496 e. The third-order valence-corrected chi connectivity index (χ3v) is 2.74. The summed E-state index contributed by atoms with van der Waals surface area (Å²) in [5, 5.41) is 2.82. The lowest BCUT2D eigenvalue weighted by Crippen LogP contribution is -2.35. The van der Waals surface area contributed by atoms with E-state index < -0.39 is 0 Å². The molecule has 0 aromatic heterocycles. The summed E-state index contributed by atoms with van der Waals surface area (Å²) in [4.78, 5) is 12.2. The highest BCUT2D eigenvalue weighted by Crippen LogP contribution is 2.34. The first-order valence-electron chi connectivity index (χ1n) is 6.17. The Morgan fingerprint density at radius 3 is 2.10 bits per heavy atom. The number of methoxy groups -OCH3 is 4. The van der Waals surface area contributed by atoms with E-state index in [0.717, 1.165) is 0 Å². The van der Waals surface area contributed by atoms with Gasteiger partial charge < -0.3 is 24.3 Å². The van der Waals surface area contributed by atoms with Crippen molar-refractivity contribution in [3.63, 3.8) is 0 Å². The molecule has 0 spiro atoms. The number of carbonyl (C=O) groups excluding carboxylic acids is 1. The first kappa shape index (κ1) is 16.1. The van der Waals surface area contributed by atoms with Gasteiger partial charge >= 0.3 is 0 Å². The van der Waals surface area contributed by atoms with E-state index in [-0.39, 0.29) is 11.9 Å². The molecule has 20 heavy (non-hydrogen) atoms. The van der Waals surface area contributed by atoms with Gasteiger partial charge in [0.1, 0.15) is 5.75 Å². The van der Waals surface area contributed by atoms with E-state index in [9.17, 15) is 4.79 Å². The number of carbonyl (C=O) groups is 1. The molecule has 6 nitrogen and oxygen atoms in total. The summed E-state index contributed by atoms with van der Waals surface area (Å²) >= 11 is 0. The van der Waals surface area contributed by atoms with Crippen molar-refractivity contribution in [2.75, 3.05) is 35.0 Å². The number of hydrogen-bond acceptors (Lipinski definition) is 5. The largest absolute Gasteiger partial charge is 0.496 e. The number of hydrogen-bond donors (Lipinski definition) is 1. The van der Waals surface area contributed by atoms with E-state index >= 15 is 0 Å². The van der Waals surface area contributed by atoms with E-state index in [1.807, 2.05) is 6.92 Å². The van der Waals surface area contributed by atoms with Crippen molar-refractivity contribution < 1.29 is 23.7 Å². The van der Waals surface area contributed by atoms with Crippen LogP contribution in [0.3, 0.4) is 0 Å². The SMILES string of the molecule is COC[C@H](C)NC(=O)c1cc(OC)c(OC)cc1OC. The average Bonchev–Trinajstić information content (AvgIpc) is 2.45. The summed E-state index contributed by atoms with van der Waals surface area (Å²) in [6, 6.07) is 3.10. The number of nitrogens with one attached hydrogen (secondary N) is 1. The Hall–Kier alpha value is -1.95. The zero-order chi connectivity index (χ0) is 15.1.